The third kappa shape index (κ3) is 2.55. The normalized spacial score (nSPS) is 20.9. The van der Waals surface area contributed by atoms with Crippen LogP contribution in [-0.2, 0) is 4.79 Å². The van der Waals surface area contributed by atoms with E-state index in [2.05, 4.69) is 29.2 Å². The summed E-state index contributed by atoms with van der Waals surface area (Å²) < 4.78 is 12.7. The molecule has 0 saturated carbocycles. The summed E-state index contributed by atoms with van der Waals surface area (Å²) in [5, 5.41) is 7.67. The van der Waals surface area contributed by atoms with Crippen LogP contribution in [0.2, 0.25) is 0 Å². The number of ketones is 1. The summed E-state index contributed by atoms with van der Waals surface area (Å²) in [6, 6.07) is 5.20. The van der Waals surface area contributed by atoms with E-state index in [0.717, 1.165) is 23.3 Å². The second kappa shape index (κ2) is 5.86. The van der Waals surface area contributed by atoms with Gasteiger partial charge in [0.05, 0.1) is 14.2 Å². The fourth-order valence-electron chi connectivity index (χ4n) is 3.89. The highest BCUT2D eigenvalue weighted by Gasteiger charge is 2.42. The van der Waals surface area contributed by atoms with Gasteiger partial charge in [0.25, 0.3) is 0 Å². The Labute approximate surface area is 152 Å². The Morgan fingerprint density at radius 1 is 1.23 bits per heavy atom. The van der Waals surface area contributed by atoms with Crippen LogP contribution in [-0.4, -0.2) is 34.8 Å². The summed E-state index contributed by atoms with van der Waals surface area (Å²) in [4.78, 5) is 17.4. The van der Waals surface area contributed by atoms with Gasteiger partial charge in [-0.2, -0.15) is 10.1 Å². The van der Waals surface area contributed by atoms with E-state index in [1.54, 1.807) is 18.9 Å². The molecular weight excluding hydrogens is 332 g/mol. The fraction of sp³-hybridized carbons (Fsp3) is 0.421. The first-order chi connectivity index (χ1) is 12.4. The summed E-state index contributed by atoms with van der Waals surface area (Å²) in [6.45, 7) is 4.22. The molecule has 0 bridgehead atoms. The smallest absolute Gasteiger partial charge is 0.226 e. The minimum absolute atomic E-state index is 0.0892. The van der Waals surface area contributed by atoms with Crippen LogP contribution in [0.3, 0.4) is 0 Å². The van der Waals surface area contributed by atoms with Crippen molar-refractivity contribution < 1.29 is 14.3 Å². The Kier molecular flexibility index (Phi) is 3.75. The third-order valence-corrected chi connectivity index (χ3v) is 5.01. The van der Waals surface area contributed by atoms with Crippen molar-refractivity contribution in [2.45, 2.75) is 32.7 Å². The van der Waals surface area contributed by atoms with E-state index >= 15 is 0 Å². The van der Waals surface area contributed by atoms with E-state index in [1.165, 1.54) is 6.33 Å². The van der Waals surface area contributed by atoms with Crippen molar-refractivity contribution in [3.05, 3.63) is 41.4 Å². The molecule has 1 N–H and O–H groups in total. The molecule has 1 aliphatic heterocycles. The van der Waals surface area contributed by atoms with Gasteiger partial charge in [-0.15, -0.1) is 0 Å². The first-order valence-electron chi connectivity index (χ1n) is 8.58. The molecule has 0 radical (unpaired) electrons. The van der Waals surface area contributed by atoms with Gasteiger partial charge in [0.15, 0.2) is 5.78 Å². The molecule has 7 heteroatoms. The zero-order valence-corrected chi connectivity index (χ0v) is 15.4. The molecule has 0 amide bonds. The van der Waals surface area contributed by atoms with Crippen molar-refractivity contribution in [3.63, 3.8) is 0 Å². The van der Waals surface area contributed by atoms with Crippen LogP contribution in [0.1, 0.15) is 38.3 Å². The summed E-state index contributed by atoms with van der Waals surface area (Å²) in [6.07, 6.45) is 2.78. The molecule has 0 spiro atoms. The van der Waals surface area contributed by atoms with Gasteiger partial charge >= 0.3 is 0 Å². The molecule has 1 aliphatic carbocycles. The van der Waals surface area contributed by atoms with Crippen LogP contribution in [0.25, 0.3) is 0 Å². The number of carbonyl (C=O) groups excluding carboxylic acids is 1. The number of nitrogens with zero attached hydrogens (tertiary/aromatic N) is 3. The van der Waals surface area contributed by atoms with Gasteiger partial charge in [0.1, 0.15) is 23.9 Å². The fourth-order valence-corrected chi connectivity index (χ4v) is 3.89. The minimum atomic E-state index is -0.391. The molecule has 0 unspecified atom stereocenters. The molecule has 136 valence electrons. The van der Waals surface area contributed by atoms with Gasteiger partial charge in [-0.3, -0.25) is 4.79 Å². The number of benzene rings is 1. The largest absolute Gasteiger partial charge is 0.497 e. The van der Waals surface area contributed by atoms with E-state index in [4.69, 9.17) is 9.47 Å². The molecule has 4 rings (SSSR count). The number of anilines is 1. The number of methoxy groups -OCH3 is 2. The lowest BCUT2D eigenvalue weighted by Gasteiger charge is -2.38. The second-order valence-corrected chi connectivity index (χ2v) is 7.50. The first-order valence-corrected chi connectivity index (χ1v) is 8.58. The number of allylic oxidation sites excluding steroid dienone is 2. The SMILES string of the molecule is COc1ccc(OC)c([C@@H]2C3=C(CC(C)(C)CC3=O)Nc3ncnn32)c1. The van der Waals surface area contributed by atoms with Crippen molar-refractivity contribution in [2.75, 3.05) is 19.5 Å². The van der Waals surface area contributed by atoms with E-state index in [9.17, 15) is 4.79 Å². The Balaban J connectivity index is 1.94. The van der Waals surface area contributed by atoms with Crippen LogP contribution in [0.15, 0.2) is 35.8 Å². The molecule has 2 heterocycles. The average molecular weight is 354 g/mol. The first kappa shape index (κ1) is 16.6. The van der Waals surface area contributed by atoms with Crippen molar-refractivity contribution >= 4 is 11.7 Å². The van der Waals surface area contributed by atoms with Gasteiger partial charge in [-0.05, 0) is 30.0 Å². The molecule has 1 aromatic carbocycles. The van der Waals surface area contributed by atoms with E-state index in [1.807, 2.05) is 18.2 Å². The van der Waals surface area contributed by atoms with Crippen LogP contribution < -0.4 is 14.8 Å². The number of hydrogen-bond donors (Lipinski definition) is 1. The summed E-state index contributed by atoms with van der Waals surface area (Å²) in [5.74, 6) is 2.14. The highest BCUT2D eigenvalue weighted by atomic mass is 16.5. The Morgan fingerprint density at radius 2 is 2.04 bits per heavy atom. The summed E-state index contributed by atoms with van der Waals surface area (Å²) in [5.41, 5.74) is 2.39. The zero-order chi connectivity index (χ0) is 18.5. The second-order valence-electron chi connectivity index (χ2n) is 7.50. The maximum Gasteiger partial charge on any atom is 0.226 e. The van der Waals surface area contributed by atoms with Crippen molar-refractivity contribution in [1.82, 2.24) is 14.8 Å². The number of ether oxygens (including phenoxy) is 2. The standard InChI is InChI=1S/C19H22N4O3/c1-19(2)8-13-16(14(24)9-19)17(23-18(22-13)20-10-21-23)12-7-11(25-3)5-6-15(12)26-4/h5-7,10,17H,8-9H2,1-4H3,(H,20,21,22)/t17-/m1/s1. The monoisotopic (exact) mass is 354 g/mol. The summed E-state index contributed by atoms with van der Waals surface area (Å²) >= 11 is 0. The maximum absolute atomic E-state index is 13.1. The van der Waals surface area contributed by atoms with Crippen molar-refractivity contribution in [3.8, 4) is 11.5 Å². The average Bonchev–Trinajstić information content (AvgIpc) is 3.06. The molecule has 1 atom stereocenters. The predicted octanol–water partition coefficient (Wildman–Crippen LogP) is 2.95. The minimum Gasteiger partial charge on any atom is -0.497 e. The molecule has 2 aromatic rings. The Morgan fingerprint density at radius 3 is 2.77 bits per heavy atom. The quantitative estimate of drug-likeness (QED) is 0.913. The topological polar surface area (TPSA) is 78.3 Å². The van der Waals surface area contributed by atoms with E-state index < -0.39 is 6.04 Å². The van der Waals surface area contributed by atoms with Crippen molar-refractivity contribution in [1.29, 1.82) is 0 Å². The Hall–Kier alpha value is -2.83. The van der Waals surface area contributed by atoms with Crippen LogP contribution in [0, 0.1) is 5.41 Å². The number of carbonyl (C=O) groups is 1. The number of fused-ring (bicyclic) bond motifs is 1. The third-order valence-electron chi connectivity index (χ3n) is 5.01. The lowest BCUT2D eigenvalue weighted by Crippen LogP contribution is -2.36. The molecular formula is C19H22N4O3. The summed E-state index contributed by atoms with van der Waals surface area (Å²) in [7, 11) is 3.24. The van der Waals surface area contributed by atoms with Gasteiger partial charge in [-0.25, -0.2) is 4.68 Å². The number of aromatic nitrogens is 3. The number of rotatable bonds is 3. The molecule has 7 nitrogen and oxygen atoms in total. The number of nitrogens with one attached hydrogen (secondary N) is 1. The number of Topliss-reactive ketones (excluding diaryl/α,β-unsaturated/α-hetero) is 1. The van der Waals surface area contributed by atoms with Crippen LogP contribution >= 0.6 is 0 Å². The maximum atomic E-state index is 13.1. The van der Waals surface area contributed by atoms with Crippen LogP contribution in [0.4, 0.5) is 5.95 Å². The van der Waals surface area contributed by atoms with E-state index in [-0.39, 0.29) is 11.2 Å². The van der Waals surface area contributed by atoms with Crippen molar-refractivity contribution in [2.24, 2.45) is 5.41 Å². The van der Waals surface area contributed by atoms with Gasteiger partial charge in [0.2, 0.25) is 5.95 Å². The highest BCUT2D eigenvalue weighted by molar-refractivity contribution is 6.00. The van der Waals surface area contributed by atoms with Crippen LogP contribution in [0.5, 0.6) is 11.5 Å². The number of hydrogen-bond acceptors (Lipinski definition) is 6. The molecule has 26 heavy (non-hydrogen) atoms. The van der Waals surface area contributed by atoms with Gasteiger partial charge in [0, 0.05) is 23.3 Å². The Bertz CT molecular complexity index is 913. The highest BCUT2D eigenvalue weighted by Crippen LogP contribution is 2.47. The molecule has 0 saturated heterocycles. The molecule has 0 fully saturated rings. The predicted molar refractivity (Wildman–Crippen MR) is 96.4 cm³/mol. The zero-order valence-electron chi connectivity index (χ0n) is 15.4. The molecule has 1 aromatic heterocycles. The lowest BCUT2D eigenvalue weighted by atomic mass is 9.73. The van der Waals surface area contributed by atoms with E-state index in [0.29, 0.717) is 23.9 Å². The molecule has 2 aliphatic rings. The lowest BCUT2D eigenvalue weighted by molar-refractivity contribution is -0.118. The van der Waals surface area contributed by atoms with Gasteiger partial charge in [-0.1, -0.05) is 13.8 Å². The van der Waals surface area contributed by atoms with Gasteiger partial charge < -0.3 is 14.8 Å².